The van der Waals surface area contributed by atoms with Gasteiger partial charge in [0.15, 0.2) is 0 Å². The number of fused-ring (bicyclic) bond motifs is 2. The molecule has 0 aromatic rings. The molecule has 2 aliphatic carbocycles. The standard InChI is InChI=1S/C45H76N2O6/c1-3-4-5-6-7-8-9-10-11-12-13-14-15-16-17-18-22-43(48)51-34-39(36-53-45(50)41-32-37-20-19-21-38(31-37)33-41)35-52-44(49)40-23-29-47(30-24-40)42-25-27-46(2)28-26-42/h7-8,10-11,37-42H,3-6,9,12-36H2,1-2H3/b8-7-,11-10-. The third kappa shape index (κ3) is 17.4. The summed E-state index contributed by atoms with van der Waals surface area (Å²) in [6, 6.07) is 0.621. The highest BCUT2D eigenvalue weighted by molar-refractivity contribution is 5.73. The fraction of sp³-hybridized carbons (Fsp3) is 0.844. The predicted molar refractivity (Wildman–Crippen MR) is 213 cm³/mol. The molecule has 4 fully saturated rings. The van der Waals surface area contributed by atoms with Crippen molar-refractivity contribution >= 4 is 17.9 Å². The minimum Gasteiger partial charge on any atom is -0.465 e. The second-order valence-electron chi connectivity index (χ2n) is 17.1. The first kappa shape index (κ1) is 43.5. The molecule has 2 saturated heterocycles. The van der Waals surface area contributed by atoms with E-state index in [0.717, 1.165) is 84.0 Å². The Morgan fingerprint density at radius 2 is 1.19 bits per heavy atom. The van der Waals surface area contributed by atoms with E-state index >= 15 is 0 Å². The Labute approximate surface area is 323 Å². The van der Waals surface area contributed by atoms with Crippen LogP contribution in [-0.4, -0.2) is 86.8 Å². The van der Waals surface area contributed by atoms with Gasteiger partial charge in [-0.3, -0.25) is 14.4 Å². The lowest BCUT2D eigenvalue weighted by Crippen LogP contribution is -2.47. The van der Waals surface area contributed by atoms with Crippen molar-refractivity contribution in [2.75, 3.05) is 53.0 Å². The van der Waals surface area contributed by atoms with E-state index in [1.54, 1.807) is 0 Å². The number of ether oxygens (including phenoxy) is 3. The van der Waals surface area contributed by atoms with E-state index in [0.29, 0.717) is 24.3 Å². The second kappa shape index (κ2) is 25.8. The Bertz CT molecular complexity index is 1080. The van der Waals surface area contributed by atoms with E-state index in [1.165, 1.54) is 83.5 Å². The summed E-state index contributed by atoms with van der Waals surface area (Å²) in [5, 5.41) is 0. The van der Waals surface area contributed by atoms with Gasteiger partial charge >= 0.3 is 17.9 Å². The summed E-state index contributed by atoms with van der Waals surface area (Å²) < 4.78 is 17.4. The van der Waals surface area contributed by atoms with Gasteiger partial charge in [-0.1, -0.05) is 89.0 Å². The van der Waals surface area contributed by atoms with Crippen LogP contribution in [0.25, 0.3) is 0 Å². The van der Waals surface area contributed by atoms with Crippen LogP contribution in [0.1, 0.15) is 155 Å². The van der Waals surface area contributed by atoms with Gasteiger partial charge in [-0.05, 0) is 129 Å². The third-order valence-corrected chi connectivity index (χ3v) is 12.5. The second-order valence-corrected chi connectivity index (χ2v) is 17.1. The van der Waals surface area contributed by atoms with Gasteiger partial charge in [-0.2, -0.15) is 0 Å². The lowest BCUT2D eigenvalue weighted by atomic mass is 9.68. The molecule has 2 heterocycles. The number of piperidine rings is 2. The van der Waals surface area contributed by atoms with Gasteiger partial charge in [0.25, 0.3) is 0 Å². The van der Waals surface area contributed by atoms with E-state index in [-0.39, 0.29) is 55.5 Å². The first-order chi connectivity index (χ1) is 25.9. The van der Waals surface area contributed by atoms with Gasteiger partial charge in [-0.15, -0.1) is 0 Å². The van der Waals surface area contributed by atoms with Crippen LogP contribution >= 0.6 is 0 Å². The zero-order valence-electron chi connectivity index (χ0n) is 33.8. The summed E-state index contributed by atoms with van der Waals surface area (Å²) in [6.07, 6.45) is 34.3. The lowest BCUT2D eigenvalue weighted by Gasteiger charge is -2.40. The predicted octanol–water partition coefficient (Wildman–Crippen LogP) is 9.46. The van der Waals surface area contributed by atoms with E-state index in [4.69, 9.17) is 14.2 Å². The number of hydrogen-bond acceptors (Lipinski definition) is 8. The van der Waals surface area contributed by atoms with Gasteiger partial charge in [0.05, 0.1) is 17.8 Å². The monoisotopic (exact) mass is 741 g/mol. The molecule has 0 radical (unpaired) electrons. The Kier molecular flexibility index (Phi) is 21.2. The zero-order chi connectivity index (χ0) is 37.5. The highest BCUT2D eigenvalue weighted by Crippen LogP contribution is 2.43. The van der Waals surface area contributed by atoms with Gasteiger partial charge in [0, 0.05) is 12.5 Å². The van der Waals surface area contributed by atoms with Crippen LogP contribution in [0, 0.1) is 29.6 Å². The van der Waals surface area contributed by atoms with Crippen molar-refractivity contribution in [3.63, 3.8) is 0 Å². The van der Waals surface area contributed by atoms with Crippen molar-refractivity contribution in [3.05, 3.63) is 24.3 Å². The van der Waals surface area contributed by atoms with E-state index in [2.05, 4.69) is 48.1 Å². The lowest BCUT2D eigenvalue weighted by molar-refractivity contribution is -0.159. The van der Waals surface area contributed by atoms with Crippen molar-refractivity contribution in [2.45, 2.75) is 161 Å². The Balaban J connectivity index is 1.10. The van der Waals surface area contributed by atoms with Crippen LogP contribution in [0.15, 0.2) is 24.3 Å². The van der Waals surface area contributed by atoms with Crippen LogP contribution in [0.3, 0.4) is 0 Å². The molecule has 8 nitrogen and oxygen atoms in total. The number of allylic oxidation sites excluding steroid dienone is 4. The number of rotatable bonds is 24. The molecule has 2 bridgehead atoms. The van der Waals surface area contributed by atoms with Crippen LogP contribution in [0.4, 0.5) is 0 Å². The normalized spacial score (nSPS) is 24.1. The number of carbonyl (C=O) groups excluding carboxylic acids is 3. The Hall–Kier alpha value is -2.19. The molecular weight excluding hydrogens is 665 g/mol. The fourth-order valence-electron chi connectivity index (χ4n) is 9.10. The molecule has 0 N–H and O–H groups in total. The number of likely N-dealkylation sites (tertiary alicyclic amines) is 2. The summed E-state index contributed by atoms with van der Waals surface area (Å²) in [4.78, 5) is 44.0. The Morgan fingerprint density at radius 1 is 0.623 bits per heavy atom. The van der Waals surface area contributed by atoms with Crippen molar-refractivity contribution in [3.8, 4) is 0 Å². The number of unbranched alkanes of at least 4 members (excludes halogenated alkanes) is 9. The minimum absolute atomic E-state index is 0.0386. The van der Waals surface area contributed by atoms with Crippen LogP contribution < -0.4 is 0 Å². The smallest absolute Gasteiger partial charge is 0.309 e. The molecule has 2 saturated carbocycles. The van der Waals surface area contributed by atoms with Crippen molar-refractivity contribution < 1.29 is 28.6 Å². The molecule has 2 aliphatic heterocycles. The largest absolute Gasteiger partial charge is 0.465 e. The maximum Gasteiger partial charge on any atom is 0.309 e. The van der Waals surface area contributed by atoms with Crippen LogP contribution in [0.5, 0.6) is 0 Å². The first-order valence-corrected chi connectivity index (χ1v) is 22.1. The van der Waals surface area contributed by atoms with Crippen LogP contribution in [-0.2, 0) is 28.6 Å². The summed E-state index contributed by atoms with van der Waals surface area (Å²) in [5.74, 6) is 0.260. The summed E-state index contributed by atoms with van der Waals surface area (Å²) in [6.45, 7) is 6.72. The summed E-state index contributed by atoms with van der Waals surface area (Å²) >= 11 is 0. The maximum atomic E-state index is 13.2. The number of hydrogen-bond donors (Lipinski definition) is 0. The summed E-state index contributed by atoms with van der Waals surface area (Å²) in [7, 11) is 2.19. The average molecular weight is 741 g/mol. The topological polar surface area (TPSA) is 85.4 Å². The van der Waals surface area contributed by atoms with Crippen molar-refractivity contribution in [2.24, 2.45) is 29.6 Å². The summed E-state index contributed by atoms with van der Waals surface area (Å²) in [5.41, 5.74) is 0. The number of esters is 3. The minimum atomic E-state index is -0.356. The van der Waals surface area contributed by atoms with Gasteiger partial charge in [-0.25, -0.2) is 0 Å². The quantitative estimate of drug-likeness (QED) is 0.0419. The molecular formula is C45H76N2O6. The highest BCUT2D eigenvalue weighted by Gasteiger charge is 2.36. The fourth-order valence-corrected chi connectivity index (χ4v) is 9.10. The maximum absolute atomic E-state index is 13.2. The van der Waals surface area contributed by atoms with Gasteiger partial charge in [0.1, 0.15) is 19.8 Å². The molecule has 0 aromatic heterocycles. The van der Waals surface area contributed by atoms with Crippen molar-refractivity contribution in [1.29, 1.82) is 0 Å². The Morgan fingerprint density at radius 3 is 1.83 bits per heavy atom. The number of nitrogens with zero attached hydrogens (tertiary/aromatic N) is 2. The average Bonchev–Trinajstić information content (AvgIpc) is 3.17. The van der Waals surface area contributed by atoms with E-state index < -0.39 is 0 Å². The molecule has 8 heteroatoms. The zero-order valence-corrected chi connectivity index (χ0v) is 33.8. The third-order valence-electron chi connectivity index (χ3n) is 12.5. The molecule has 0 amide bonds. The number of carbonyl (C=O) groups is 3. The SMILES string of the molecule is CCCCC/C=C\C/C=C\CCCCCCCCC(=O)OCC(COC(=O)C1CCN(C2CCN(C)CC2)CC1)COC(=O)C1CC2CCCC(C2)C1. The molecule has 3 unspecified atom stereocenters. The van der Waals surface area contributed by atoms with Gasteiger partial charge in [0.2, 0.25) is 0 Å². The molecule has 53 heavy (non-hydrogen) atoms. The molecule has 0 aromatic carbocycles. The molecule has 3 atom stereocenters. The van der Waals surface area contributed by atoms with E-state index in [9.17, 15) is 14.4 Å². The van der Waals surface area contributed by atoms with E-state index in [1.807, 2.05) is 0 Å². The first-order valence-electron chi connectivity index (χ1n) is 22.1. The highest BCUT2D eigenvalue weighted by atomic mass is 16.6. The van der Waals surface area contributed by atoms with Crippen LogP contribution in [0.2, 0.25) is 0 Å². The van der Waals surface area contributed by atoms with Crippen molar-refractivity contribution in [1.82, 2.24) is 9.80 Å². The molecule has 4 aliphatic rings. The molecule has 302 valence electrons. The molecule has 4 rings (SSSR count). The van der Waals surface area contributed by atoms with Gasteiger partial charge < -0.3 is 24.0 Å². The molecule has 0 spiro atoms.